The van der Waals surface area contributed by atoms with Crippen molar-refractivity contribution < 1.29 is 9.53 Å². The first kappa shape index (κ1) is 17.5. The first-order valence-electron chi connectivity index (χ1n) is 7.33. The first-order chi connectivity index (χ1) is 9.49. The Labute approximate surface area is 128 Å². The molecule has 4 heteroatoms. The molecule has 0 saturated heterocycles. The summed E-state index contributed by atoms with van der Waals surface area (Å²) in [7, 11) is 0. The molecule has 0 aliphatic heterocycles. The van der Waals surface area contributed by atoms with E-state index in [4.69, 9.17) is 10.5 Å². The molecule has 0 saturated carbocycles. The van der Waals surface area contributed by atoms with Crippen LogP contribution >= 0.6 is 0 Å². The highest BCUT2D eigenvalue weighted by Crippen LogP contribution is 2.26. The Morgan fingerprint density at radius 2 is 1.90 bits per heavy atom. The van der Waals surface area contributed by atoms with Crippen molar-refractivity contribution in [3.05, 3.63) is 29.8 Å². The van der Waals surface area contributed by atoms with Crippen LogP contribution in [0.3, 0.4) is 0 Å². The smallest absolute Gasteiger partial charge is 0.260 e. The van der Waals surface area contributed by atoms with Crippen molar-refractivity contribution in [1.29, 1.82) is 0 Å². The molecular formula is C17H28N2O2. The highest BCUT2D eigenvalue weighted by Gasteiger charge is 2.19. The van der Waals surface area contributed by atoms with E-state index in [0.717, 1.165) is 0 Å². The molecule has 0 spiro atoms. The van der Waals surface area contributed by atoms with Crippen molar-refractivity contribution in [2.24, 2.45) is 5.73 Å². The van der Waals surface area contributed by atoms with Gasteiger partial charge in [0.15, 0.2) is 6.10 Å². The second-order valence-electron chi connectivity index (χ2n) is 7.24. The van der Waals surface area contributed by atoms with E-state index in [1.807, 2.05) is 32.0 Å². The van der Waals surface area contributed by atoms with Crippen LogP contribution in [-0.2, 0) is 10.2 Å². The molecule has 118 valence electrons. The van der Waals surface area contributed by atoms with E-state index in [-0.39, 0.29) is 11.3 Å². The van der Waals surface area contributed by atoms with Gasteiger partial charge in [0.25, 0.3) is 5.91 Å². The molecule has 21 heavy (non-hydrogen) atoms. The maximum absolute atomic E-state index is 12.0. The average Bonchev–Trinajstić information content (AvgIpc) is 2.34. The van der Waals surface area contributed by atoms with Gasteiger partial charge in [0.05, 0.1) is 0 Å². The second-order valence-corrected chi connectivity index (χ2v) is 7.24. The van der Waals surface area contributed by atoms with Crippen LogP contribution in [0.1, 0.15) is 47.1 Å². The summed E-state index contributed by atoms with van der Waals surface area (Å²) in [5.74, 6) is 0.548. The van der Waals surface area contributed by atoms with Crippen LogP contribution in [-0.4, -0.2) is 24.1 Å². The fourth-order valence-corrected chi connectivity index (χ4v) is 1.75. The fraction of sp³-hybridized carbons (Fsp3) is 0.588. The maximum atomic E-state index is 12.0. The molecular weight excluding hydrogens is 264 g/mol. The molecule has 1 aromatic carbocycles. The fourth-order valence-electron chi connectivity index (χ4n) is 1.75. The Balaban J connectivity index is 2.66. The van der Waals surface area contributed by atoms with Gasteiger partial charge < -0.3 is 15.8 Å². The average molecular weight is 292 g/mol. The van der Waals surface area contributed by atoms with Crippen LogP contribution in [0.4, 0.5) is 0 Å². The number of nitrogens with one attached hydrogen (secondary N) is 1. The van der Waals surface area contributed by atoms with Crippen LogP contribution in [0.5, 0.6) is 5.75 Å². The minimum atomic E-state index is -0.553. The molecule has 0 aromatic heterocycles. The summed E-state index contributed by atoms with van der Waals surface area (Å²) in [4.78, 5) is 12.0. The van der Waals surface area contributed by atoms with Gasteiger partial charge in [0.1, 0.15) is 5.75 Å². The van der Waals surface area contributed by atoms with E-state index in [9.17, 15) is 4.79 Å². The lowest BCUT2D eigenvalue weighted by Crippen LogP contribution is -2.48. The van der Waals surface area contributed by atoms with Gasteiger partial charge in [-0.3, -0.25) is 4.79 Å². The zero-order valence-electron chi connectivity index (χ0n) is 14.0. The minimum absolute atomic E-state index is 0.0500. The molecule has 0 bridgehead atoms. The molecule has 0 radical (unpaired) electrons. The number of hydrogen-bond donors (Lipinski definition) is 2. The van der Waals surface area contributed by atoms with Crippen LogP contribution < -0.4 is 15.8 Å². The summed E-state index contributed by atoms with van der Waals surface area (Å²) in [5.41, 5.74) is 6.65. The molecule has 0 aliphatic rings. The largest absolute Gasteiger partial charge is 0.481 e. The quantitative estimate of drug-likeness (QED) is 0.877. The van der Waals surface area contributed by atoms with Gasteiger partial charge >= 0.3 is 0 Å². The van der Waals surface area contributed by atoms with E-state index < -0.39 is 11.6 Å². The molecule has 1 atom stereocenters. The topological polar surface area (TPSA) is 64.3 Å². The molecule has 1 aromatic rings. The van der Waals surface area contributed by atoms with Crippen molar-refractivity contribution >= 4 is 5.91 Å². The maximum Gasteiger partial charge on any atom is 0.260 e. The van der Waals surface area contributed by atoms with Crippen molar-refractivity contribution in [1.82, 2.24) is 5.32 Å². The zero-order valence-corrected chi connectivity index (χ0v) is 14.0. The first-order valence-corrected chi connectivity index (χ1v) is 7.33. The molecule has 0 heterocycles. The highest BCUT2D eigenvalue weighted by atomic mass is 16.5. The summed E-state index contributed by atoms with van der Waals surface area (Å²) in [6.07, 6.45) is -0.553. The van der Waals surface area contributed by atoms with Crippen molar-refractivity contribution in [3.8, 4) is 5.75 Å². The number of carbonyl (C=O) groups excluding carboxylic acids is 1. The second kappa shape index (κ2) is 6.48. The predicted molar refractivity (Wildman–Crippen MR) is 86.5 cm³/mol. The highest BCUT2D eigenvalue weighted by molar-refractivity contribution is 5.80. The molecule has 1 unspecified atom stereocenters. The number of amides is 1. The third-order valence-electron chi connectivity index (χ3n) is 3.10. The number of nitrogens with two attached hydrogens (primary N) is 1. The van der Waals surface area contributed by atoms with Gasteiger partial charge in [0, 0.05) is 12.1 Å². The lowest BCUT2D eigenvalue weighted by molar-refractivity contribution is -0.127. The van der Waals surface area contributed by atoms with Crippen molar-refractivity contribution in [2.45, 2.75) is 58.6 Å². The Kier molecular flexibility index (Phi) is 5.40. The van der Waals surface area contributed by atoms with E-state index in [1.165, 1.54) is 5.56 Å². The summed E-state index contributed by atoms with van der Waals surface area (Å²) in [6, 6.07) is 7.86. The predicted octanol–water partition coefficient (Wildman–Crippen LogP) is 2.60. The third-order valence-corrected chi connectivity index (χ3v) is 3.10. The van der Waals surface area contributed by atoms with Crippen LogP contribution in [0.25, 0.3) is 0 Å². The normalized spacial score (nSPS) is 13.7. The summed E-state index contributed by atoms with van der Waals surface area (Å²) < 4.78 is 5.72. The van der Waals surface area contributed by atoms with Crippen LogP contribution in [0.15, 0.2) is 24.3 Å². The van der Waals surface area contributed by atoms with Gasteiger partial charge in [0.2, 0.25) is 0 Å². The Morgan fingerprint density at radius 3 is 2.43 bits per heavy atom. The van der Waals surface area contributed by atoms with Gasteiger partial charge in [-0.2, -0.15) is 0 Å². The minimum Gasteiger partial charge on any atom is -0.481 e. The third kappa shape index (κ3) is 6.17. The Morgan fingerprint density at radius 1 is 1.29 bits per heavy atom. The zero-order chi connectivity index (χ0) is 16.3. The standard InChI is InChI=1S/C17H28N2O2/c1-12(15(20)19-11-17(5,6)18)21-14-9-7-8-13(10-14)16(2,3)4/h7-10,12H,11,18H2,1-6H3,(H,19,20). The van der Waals surface area contributed by atoms with E-state index in [2.05, 4.69) is 32.2 Å². The summed E-state index contributed by atoms with van der Waals surface area (Å²) >= 11 is 0. The van der Waals surface area contributed by atoms with Crippen LogP contribution in [0.2, 0.25) is 0 Å². The summed E-state index contributed by atoms with van der Waals surface area (Å²) in [6.45, 7) is 12.3. The van der Waals surface area contributed by atoms with E-state index in [1.54, 1.807) is 6.92 Å². The monoisotopic (exact) mass is 292 g/mol. The number of carbonyl (C=O) groups is 1. The molecule has 0 fully saturated rings. The molecule has 0 aliphatic carbocycles. The summed E-state index contributed by atoms with van der Waals surface area (Å²) in [5, 5.41) is 2.80. The van der Waals surface area contributed by atoms with E-state index in [0.29, 0.717) is 12.3 Å². The SMILES string of the molecule is CC(Oc1cccc(C(C)(C)C)c1)C(=O)NCC(C)(C)N. The number of ether oxygens (including phenoxy) is 1. The molecule has 4 nitrogen and oxygen atoms in total. The lowest BCUT2D eigenvalue weighted by atomic mass is 9.87. The van der Waals surface area contributed by atoms with Crippen LogP contribution in [0, 0.1) is 0 Å². The van der Waals surface area contributed by atoms with Gasteiger partial charge in [-0.25, -0.2) is 0 Å². The van der Waals surface area contributed by atoms with Gasteiger partial charge in [-0.15, -0.1) is 0 Å². The Hall–Kier alpha value is -1.55. The molecule has 3 N–H and O–H groups in total. The van der Waals surface area contributed by atoms with Gasteiger partial charge in [-0.1, -0.05) is 32.9 Å². The Bertz CT molecular complexity index is 484. The number of rotatable bonds is 5. The number of benzene rings is 1. The lowest BCUT2D eigenvalue weighted by Gasteiger charge is -2.22. The molecule has 1 amide bonds. The molecule has 1 rings (SSSR count). The van der Waals surface area contributed by atoms with Crippen molar-refractivity contribution in [2.75, 3.05) is 6.54 Å². The van der Waals surface area contributed by atoms with Crippen molar-refractivity contribution in [3.63, 3.8) is 0 Å². The van der Waals surface area contributed by atoms with E-state index >= 15 is 0 Å². The van der Waals surface area contributed by atoms with Gasteiger partial charge in [-0.05, 0) is 43.9 Å². The number of hydrogen-bond acceptors (Lipinski definition) is 3.